The summed E-state index contributed by atoms with van der Waals surface area (Å²) in [6.45, 7) is 6.50. The van der Waals surface area contributed by atoms with E-state index in [0.717, 1.165) is 10.5 Å². The molecule has 4 aromatic carbocycles. The van der Waals surface area contributed by atoms with E-state index in [1.807, 2.05) is 0 Å². The van der Waals surface area contributed by atoms with Crippen LogP contribution in [0, 0.1) is 20.8 Å². The van der Waals surface area contributed by atoms with E-state index < -0.39 is 0 Å². The third-order valence-corrected chi connectivity index (χ3v) is 6.69. The number of nitrogens with zero attached hydrogens (tertiary/aromatic N) is 1. The molecule has 0 unspecified atom stereocenters. The molecule has 0 aliphatic rings. The smallest absolute Gasteiger partial charge is 0.124 e. The highest BCUT2D eigenvalue weighted by atomic mass is 32.1. The van der Waals surface area contributed by atoms with E-state index >= 15 is 0 Å². The second-order valence-electron chi connectivity index (χ2n) is 7.89. The number of fused-ring (bicyclic) bond motifs is 1. The standard InChI is InChI=1S/C28H23NS/c1-18-13-14-20(3)24(15-18)22-16-25(21-10-5-4-6-11-21)27-26(17-22)30-28(29-27)23-12-8-7-9-19(23)2/h4-17H,1-3H3. The summed E-state index contributed by atoms with van der Waals surface area (Å²) in [5.74, 6) is 0. The third-order valence-electron chi connectivity index (χ3n) is 5.66. The Bertz CT molecular complexity index is 1360. The van der Waals surface area contributed by atoms with Crippen LogP contribution in [0.4, 0.5) is 0 Å². The monoisotopic (exact) mass is 405 g/mol. The van der Waals surface area contributed by atoms with E-state index in [4.69, 9.17) is 4.98 Å². The van der Waals surface area contributed by atoms with Crippen LogP contribution < -0.4 is 0 Å². The predicted molar refractivity (Wildman–Crippen MR) is 130 cm³/mol. The minimum Gasteiger partial charge on any atom is -0.235 e. The molecular formula is C28H23NS. The van der Waals surface area contributed by atoms with Crippen LogP contribution in [0.2, 0.25) is 0 Å². The molecule has 5 rings (SSSR count). The van der Waals surface area contributed by atoms with Gasteiger partial charge in [-0.05, 0) is 60.7 Å². The van der Waals surface area contributed by atoms with Gasteiger partial charge in [-0.15, -0.1) is 11.3 Å². The van der Waals surface area contributed by atoms with E-state index in [-0.39, 0.29) is 0 Å². The minimum absolute atomic E-state index is 1.08. The molecule has 5 aromatic rings. The summed E-state index contributed by atoms with van der Waals surface area (Å²) >= 11 is 1.78. The zero-order chi connectivity index (χ0) is 20.7. The van der Waals surface area contributed by atoms with Gasteiger partial charge in [-0.1, -0.05) is 78.4 Å². The lowest BCUT2D eigenvalue weighted by Crippen LogP contribution is -1.88. The Kier molecular flexibility index (Phi) is 4.72. The summed E-state index contributed by atoms with van der Waals surface area (Å²) in [5, 5.41) is 1.08. The van der Waals surface area contributed by atoms with Gasteiger partial charge in [0, 0.05) is 11.1 Å². The molecule has 30 heavy (non-hydrogen) atoms. The topological polar surface area (TPSA) is 12.9 Å². The van der Waals surface area contributed by atoms with Crippen molar-refractivity contribution in [2.45, 2.75) is 20.8 Å². The molecule has 0 aliphatic heterocycles. The van der Waals surface area contributed by atoms with Crippen LogP contribution in [-0.2, 0) is 0 Å². The predicted octanol–water partition coefficient (Wildman–Crippen LogP) is 8.22. The Hall–Kier alpha value is -3.23. The van der Waals surface area contributed by atoms with Gasteiger partial charge in [0.25, 0.3) is 0 Å². The maximum absolute atomic E-state index is 5.11. The summed E-state index contributed by atoms with van der Waals surface area (Å²) in [4.78, 5) is 5.11. The Balaban J connectivity index is 1.80. The highest BCUT2D eigenvalue weighted by molar-refractivity contribution is 7.21. The largest absolute Gasteiger partial charge is 0.235 e. The van der Waals surface area contributed by atoms with Crippen molar-refractivity contribution in [2.75, 3.05) is 0 Å². The zero-order valence-corrected chi connectivity index (χ0v) is 18.3. The first kappa shape index (κ1) is 18.8. The average molecular weight is 406 g/mol. The van der Waals surface area contributed by atoms with Crippen LogP contribution in [0.3, 0.4) is 0 Å². The fourth-order valence-electron chi connectivity index (χ4n) is 4.00. The number of thiazole rings is 1. The first-order valence-electron chi connectivity index (χ1n) is 10.2. The Labute approximate surface area is 181 Å². The fourth-order valence-corrected chi connectivity index (χ4v) is 5.12. The van der Waals surface area contributed by atoms with Crippen molar-refractivity contribution < 1.29 is 0 Å². The summed E-state index contributed by atoms with van der Waals surface area (Å²) in [6.07, 6.45) is 0. The molecule has 2 heteroatoms. The van der Waals surface area contributed by atoms with Gasteiger partial charge < -0.3 is 0 Å². The molecular weight excluding hydrogens is 382 g/mol. The molecule has 1 heterocycles. The van der Waals surface area contributed by atoms with Crippen molar-refractivity contribution in [3.05, 3.63) is 102 Å². The first-order chi connectivity index (χ1) is 14.6. The number of aryl methyl sites for hydroxylation is 3. The molecule has 0 bridgehead atoms. The van der Waals surface area contributed by atoms with Crippen LogP contribution >= 0.6 is 11.3 Å². The van der Waals surface area contributed by atoms with Crippen molar-refractivity contribution in [2.24, 2.45) is 0 Å². The Morgan fingerprint density at radius 1 is 0.600 bits per heavy atom. The van der Waals surface area contributed by atoms with E-state index in [1.165, 1.54) is 49.2 Å². The lowest BCUT2D eigenvalue weighted by Gasteiger charge is -2.11. The van der Waals surface area contributed by atoms with Crippen molar-refractivity contribution in [1.82, 2.24) is 4.98 Å². The van der Waals surface area contributed by atoms with Crippen LogP contribution in [0.15, 0.2) is 84.9 Å². The molecule has 0 spiro atoms. The minimum atomic E-state index is 1.08. The lowest BCUT2D eigenvalue weighted by atomic mass is 9.94. The Morgan fingerprint density at radius 3 is 2.13 bits per heavy atom. The number of benzene rings is 4. The molecule has 0 atom stereocenters. The molecule has 0 aliphatic carbocycles. The van der Waals surface area contributed by atoms with E-state index in [0.29, 0.717) is 0 Å². The van der Waals surface area contributed by atoms with E-state index in [1.54, 1.807) is 11.3 Å². The van der Waals surface area contributed by atoms with Gasteiger partial charge in [-0.3, -0.25) is 0 Å². The number of aromatic nitrogens is 1. The van der Waals surface area contributed by atoms with Gasteiger partial charge in [-0.25, -0.2) is 4.98 Å². The molecule has 0 N–H and O–H groups in total. The number of rotatable bonds is 3. The second-order valence-corrected chi connectivity index (χ2v) is 8.92. The van der Waals surface area contributed by atoms with Gasteiger partial charge in [0.05, 0.1) is 10.2 Å². The molecule has 0 saturated carbocycles. The highest BCUT2D eigenvalue weighted by Gasteiger charge is 2.15. The van der Waals surface area contributed by atoms with Crippen LogP contribution in [0.5, 0.6) is 0 Å². The number of hydrogen-bond acceptors (Lipinski definition) is 2. The third kappa shape index (κ3) is 3.34. The van der Waals surface area contributed by atoms with Crippen LogP contribution in [-0.4, -0.2) is 4.98 Å². The molecule has 146 valence electrons. The van der Waals surface area contributed by atoms with Gasteiger partial charge in [0.2, 0.25) is 0 Å². The van der Waals surface area contributed by atoms with Crippen LogP contribution in [0.25, 0.3) is 43.0 Å². The summed E-state index contributed by atoms with van der Waals surface area (Å²) < 4.78 is 1.23. The van der Waals surface area contributed by atoms with Crippen molar-refractivity contribution >= 4 is 21.6 Å². The van der Waals surface area contributed by atoms with Gasteiger partial charge >= 0.3 is 0 Å². The summed E-state index contributed by atoms with van der Waals surface area (Å²) in [7, 11) is 0. The van der Waals surface area contributed by atoms with Gasteiger partial charge in [-0.2, -0.15) is 0 Å². The van der Waals surface area contributed by atoms with Crippen LogP contribution in [0.1, 0.15) is 16.7 Å². The maximum Gasteiger partial charge on any atom is 0.124 e. The van der Waals surface area contributed by atoms with E-state index in [9.17, 15) is 0 Å². The molecule has 0 saturated heterocycles. The second kappa shape index (κ2) is 7.55. The first-order valence-corrected chi connectivity index (χ1v) is 11.1. The molecule has 0 fully saturated rings. The zero-order valence-electron chi connectivity index (χ0n) is 17.4. The van der Waals surface area contributed by atoms with E-state index in [2.05, 4.69) is 106 Å². The SMILES string of the molecule is Cc1ccc(C)c(-c2cc(-c3ccccc3)c3nc(-c4ccccc4C)sc3c2)c1. The van der Waals surface area contributed by atoms with Crippen molar-refractivity contribution in [3.8, 4) is 32.8 Å². The molecule has 0 amide bonds. The fraction of sp³-hybridized carbons (Fsp3) is 0.107. The highest BCUT2D eigenvalue weighted by Crippen LogP contribution is 2.40. The summed E-state index contributed by atoms with van der Waals surface area (Å²) in [6, 6.07) is 30.4. The maximum atomic E-state index is 5.11. The summed E-state index contributed by atoms with van der Waals surface area (Å²) in [5.41, 5.74) is 11.1. The quantitative estimate of drug-likeness (QED) is 0.295. The molecule has 1 aromatic heterocycles. The normalized spacial score (nSPS) is 11.2. The van der Waals surface area contributed by atoms with Crippen molar-refractivity contribution in [3.63, 3.8) is 0 Å². The molecule has 1 nitrogen and oxygen atoms in total. The average Bonchev–Trinajstić information content (AvgIpc) is 3.19. The lowest BCUT2D eigenvalue weighted by molar-refractivity contribution is 1.39. The Morgan fingerprint density at radius 2 is 1.33 bits per heavy atom. The van der Waals surface area contributed by atoms with Gasteiger partial charge in [0.1, 0.15) is 5.01 Å². The van der Waals surface area contributed by atoms with Crippen molar-refractivity contribution in [1.29, 1.82) is 0 Å². The number of hydrogen-bond donors (Lipinski definition) is 0. The molecule has 0 radical (unpaired) electrons. The van der Waals surface area contributed by atoms with Gasteiger partial charge in [0.15, 0.2) is 0 Å².